The molecule has 5 nitrogen and oxygen atoms in total. The Morgan fingerprint density at radius 3 is 2.04 bits per heavy atom. The summed E-state index contributed by atoms with van der Waals surface area (Å²) in [7, 11) is 0. The van der Waals surface area contributed by atoms with Gasteiger partial charge in [-0.2, -0.15) is 0 Å². The third-order valence-corrected chi connectivity index (χ3v) is 5.52. The Morgan fingerprint density at radius 1 is 0.893 bits per heavy atom. The summed E-state index contributed by atoms with van der Waals surface area (Å²) in [6, 6.07) is 16.8. The summed E-state index contributed by atoms with van der Waals surface area (Å²) in [4.78, 5) is 19.1. The fourth-order valence-electron chi connectivity index (χ4n) is 3.66. The van der Waals surface area contributed by atoms with E-state index in [1.165, 1.54) is 16.9 Å². The quantitative estimate of drug-likeness (QED) is 0.805. The van der Waals surface area contributed by atoms with Gasteiger partial charge in [-0.1, -0.05) is 19.1 Å². The van der Waals surface area contributed by atoms with Crippen molar-refractivity contribution < 1.29 is 4.79 Å². The summed E-state index contributed by atoms with van der Waals surface area (Å²) in [5, 5.41) is 3.03. The van der Waals surface area contributed by atoms with Gasteiger partial charge < -0.3 is 20.0 Å². The molecule has 1 heterocycles. The van der Waals surface area contributed by atoms with Crippen LogP contribution in [-0.2, 0) is 6.42 Å². The Kier molecular flexibility index (Phi) is 6.80. The van der Waals surface area contributed by atoms with Crippen LogP contribution in [0.2, 0.25) is 0 Å². The van der Waals surface area contributed by atoms with E-state index in [4.69, 9.17) is 0 Å². The van der Waals surface area contributed by atoms with Crippen molar-refractivity contribution in [2.24, 2.45) is 0 Å². The predicted octanol–water partition coefficient (Wildman–Crippen LogP) is 4.45. The highest BCUT2D eigenvalue weighted by atomic mass is 16.2. The van der Waals surface area contributed by atoms with Crippen LogP contribution < -0.4 is 15.1 Å². The zero-order valence-corrected chi connectivity index (χ0v) is 17.3. The molecule has 1 saturated heterocycles. The fourth-order valence-corrected chi connectivity index (χ4v) is 3.66. The van der Waals surface area contributed by atoms with Crippen LogP contribution in [-0.4, -0.2) is 50.2 Å². The van der Waals surface area contributed by atoms with E-state index in [2.05, 4.69) is 72.3 Å². The molecular formula is C23H32N4O. The molecule has 3 rings (SSSR count). The third kappa shape index (κ3) is 4.77. The maximum absolute atomic E-state index is 12.6. The van der Waals surface area contributed by atoms with Crippen LogP contribution >= 0.6 is 0 Å². The minimum absolute atomic E-state index is 0.0171. The van der Waals surface area contributed by atoms with Gasteiger partial charge in [0.25, 0.3) is 0 Å². The number of urea groups is 1. The average Bonchev–Trinajstić information content (AvgIpc) is 2.76. The minimum Gasteiger partial charge on any atom is -0.372 e. The van der Waals surface area contributed by atoms with Gasteiger partial charge in [0.05, 0.1) is 0 Å². The SMILES string of the molecule is CCc1ccc(N2CCN(C(=O)Nc3ccc(N(CC)CC)cc3)CC2)cc1. The summed E-state index contributed by atoms with van der Waals surface area (Å²) in [6.45, 7) is 11.6. The topological polar surface area (TPSA) is 38.8 Å². The second-order valence-corrected chi connectivity index (χ2v) is 7.14. The van der Waals surface area contributed by atoms with Crippen LogP contribution in [0.3, 0.4) is 0 Å². The van der Waals surface area contributed by atoms with E-state index in [0.29, 0.717) is 0 Å². The molecule has 0 radical (unpaired) electrons. The maximum atomic E-state index is 12.6. The molecule has 2 amide bonds. The number of nitrogens with one attached hydrogen (secondary N) is 1. The summed E-state index contributed by atoms with van der Waals surface area (Å²) in [5.74, 6) is 0. The molecule has 1 fully saturated rings. The first-order valence-electron chi connectivity index (χ1n) is 10.4. The lowest BCUT2D eigenvalue weighted by Crippen LogP contribution is -2.50. The number of amides is 2. The first kappa shape index (κ1) is 20.1. The smallest absolute Gasteiger partial charge is 0.321 e. The van der Waals surface area contributed by atoms with Crippen LogP contribution in [0.1, 0.15) is 26.3 Å². The second kappa shape index (κ2) is 9.49. The molecular weight excluding hydrogens is 348 g/mol. The molecule has 0 bridgehead atoms. The summed E-state index contributed by atoms with van der Waals surface area (Å²) in [5.41, 5.74) is 4.63. The van der Waals surface area contributed by atoms with Gasteiger partial charge in [0.15, 0.2) is 0 Å². The van der Waals surface area contributed by atoms with Crippen molar-refractivity contribution in [2.75, 3.05) is 54.4 Å². The van der Waals surface area contributed by atoms with E-state index in [0.717, 1.165) is 51.4 Å². The van der Waals surface area contributed by atoms with Gasteiger partial charge in [0.1, 0.15) is 0 Å². The van der Waals surface area contributed by atoms with E-state index < -0.39 is 0 Å². The van der Waals surface area contributed by atoms with Gasteiger partial charge in [0, 0.05) is 56.3 Å². The standard InChI is InChI=1S/C23H32N4O/c1-4-19-7-11-22(12-8-19)26-15-17-27(18-16-26)23(28)24-20-9-13-21(14-10-20)25(5-2)6-3/h7-14H,4-6,15-18H2,1-3H3,(H,24,28). The van der Waals surface area contributed by atoms with E-state index in [-0.39, 0.29) is 6.03 Å². The normalized spacial score (nSPS) is 14.1. The number of benzene rings is 2. The maximum Gasteiger partial charge on any atom is 0.321 e. The highest BCUT2D eigenvalue weighted by Crippen LogP contribution is 2.20. The Bertz CT molecular complexity index is 745. The van der Waals surface area contributed by atoms with E-state index >= 15 is 0 Å². The molecule has 0 saturated carbocycles. The van der Waals surface area contributed by atoms with Crippen molar-refractivity contribution in [3.63, 3.8) is 0 Å². The number of hydrogen-bond acceptors (Lipinski definition) is 3. The van der Waals surface area contributed by atoms with Crippen LogP contribution in [0, 0.1) is 0 Å². The van der Waals surface area contributed by atoms with Gasteiger partial charge in [-0.15, -0.1) is 0 Å². The molecule has 1 aliphatic heterocycles. The number of piperazine rings is 1. The Balaban J connectivity index is 1.52. The van der Waals surface area contributed by atoms with Crippen molar-refractivity contribution in [2.45, 2.75) is 27.2 Å². The van der Waals surface area contributed by atoms with Gasteiger partial charge in [-0.25, -0.2) is 4.79 Å². The molecule has 150 valence electrons. The Morgan fingerprint density at radius 2 is 1.50 bits per heavy atom. The number of anilines is 3. The van der Waals surface area contributed by atoms with Gasteiger partial charge >= 0.3 is 6.03 Å². The van der Waals surface area contributed by atoms with Crippen molar-refractivity contribution >= 4 is 23.1 Å². The largest absolute Gasteiger partial charge is 0.372 e. The number of nitrogens with zero attached hydrogens (tertiary/aromatic N) is 3. The van der Waals surface area contributed by atoms with Gasteiger partial charge in [-0.05, 0) is 62.2 Å². The highest BCUT2D eigenvalue weighted by molar-refractivity contribution is 5.89. The van der Waals surface area contributed by atoms with Crippen LogP contribution in [0.15, 0.2) is 48.5 Å². The molecule has 0 atom stereocenters. The van der Waals surface area contributed by atoms with Crippen molar-refractivity contribution in [1.82, 2.24) is 4.90 Å². The second-order valence-electron chi connectivity index (χ2n) is 7.14. The predicted molar refractivity (Wildman–Crippen MR) is 119 cm³/mol. The lowest BCUT2D eigenvalue weighted by molar-refractivity contribution is 0.208. The third-order valence-electron chi connectivity index (χ3n) is 5.52. The Hall–Kier alpha value is -2.69. The Labute approximate surface area is 168 Å². The zero-order valence-electron chi connectivity index (χ0n) is 17.3. The lowest BCUT2D eigenvalue weighted by Gasteiger charge is -2.36. The van der Waals surface area contributed by atoms with Gasteiger partial charge in [-0.3, -0.25) is 0 Å². The average molecular weight is 381 g/mol. The molecule has 2 aromatic carbocycles. The van der Waals surface area contributed by atoms with E-state index in [1.54, 1.807) is 0 Å². The zero-order chi connectivity index (χ0) is 19.9. The van der Waals surface area contributed by atoms with Crippen LogP contribution in [0.5, 0.6) is 0 Å². The van der Waals surface area contributed by atoms with Crippen LogP contribution in [0.4, 0.5) is 21.9 Å². The molecule has 1 aliphatic rings. The number of aryl methyl sites for hydroxylation is 1. The summed E-state index contributed by atoms with van der Waals surface area (Å²) in [6.07, 6.45) is 1.06. The van der Waals surface area contributed by atoms with Crippen molar-refractivity contribution in [3.05, 3.63) is 54.1 Å². The summed E-state index contributed by atoms with van der Waals surface area (Å²) < 4.78 is 0. The number of carbonyl (C=O) groups is 1. The first-order valence-corrected chi connectivity index (χ1v) is 10.4. The molecule has 0 aliphatic carbocycles. The highest BCUT2D eigenvalue weighted by Gasteiger charge is 2.21. The number of carbonyl (C=O) groups excluding carboxylic acids is 1. The molecule has 1 N–H and O–H groups in total. The summed E-state index contributed by atoms with van der Waals surface area (Å²) >= 11 is 0. The van der Waals surface area contributed by atoms with E-state index in [1.807, 2.05) is 17.0 Å². The molecule has 0 aromatic heterocycles. The molecule has 28 heavy (non-hydrogen) atoms. The minimum atomic E-state index is -0.0171. The monoisotopic (exact) mass is 380 g/mol. The first-order chi connectivity index (χ1) is 13.6. The lowest BCUT2D eigenvalue weighted by atomic mass is 10.1. The van der Waals surface area contributed by atoms with Crippen molar-refractivity contribution in [3.8, 4) is 0 Å². The van der Waals surface area contributed by atoms with Gasteiger partial charge in [0.2, 0.25) is 0 Å². The number of hydrogen-bond donors (Lipinski definition) is 1. The molecule has 0 unspecified atom stereocenters. The molecule has 0 spiro atoms. The number of rotatable bonds is 6. The van der Waals surface area contributed by atoms with Crippen LogP contribution in [0.25, 0.3) is 0 Å². The van der Waals surface area contributed by atoms with Crippen molar-refractivity contribution in [1.29, 1.82) is 0 Å². The molecule has 2 aromatic rings. The fraction of sp³-hybridized carbons (Fsp3) is 0.435. The van der Waals surface area contributed by atoms with E-state index in [9.17, 15) is 4.79 Å². The molecule has 5 heteroatoms.